The van der Waals surface area contributed by atoms with E-state index in [4.69, 9.17) is 0 Å². The molecule has 4 rings (SSSR count). The van der Waals surface area contributed by atoms with Crippen LogP contribution >= 0.6 is 0 Å². The molecule has 0 spiro atoms. The average Bonchev–Trinajstić information content (AvgIpc) is 3.28. The van der Waals surface area contributed by atoms with Crippen LogP contribution < -0.4 is 5.32 Å². The quantitative estimate of drug-likeness (QED) is 0.567. The fraction of sp³-hybridized carbons (Fsp3) is 0.364. The van der Waals surface area contributed by atoms with Gasteiger partial charge in [0.25, 0.3) is 0 Å². The van der Waals surface area contributed by atoms with E-state index in [1.807, 2.05) is 6.92 Å². The summed E-state index contributed by atoms with van der Waals surface area (Å²) in [5.41, 5.74) is 1.70. The molecule has 0 radical (unpaired) electrons. The van der Waals surface area contributed by atoms with Crippen molar-refractivity contribution in [1.82, 2.24) is 19.4 Å². The van der Waals surface area contributed by atoms with Gasteiger partial charge in [0, 0.05) is 37.7 Å². The highest BCUT2D eigenvalue weighted by Gasteiger charge is 2.31. The molecule has 3 heterocycles. The van der Waals surface area contributed by atoms with Gasteiger partial charge in [0.2, 0.25) is 5.95 Å². The molecule has 1 aliphatic heterocycles. The largest absolute Gasteiger partial charge is 0.416 e. The molecule has 0 aliphatic carbocycles. The monoisotopic (exact) mass is 449 g/mol. The Morgan fingerprint density at radius 2 is 1.97 bits per heavy atom. The van der Waals surface area contributed by atoms with Crippen molar-refractivity contribution >= 4 is 11.6 Å². The Labute approximate surface area is 182 Å². The van der Waals surface area contributed by atoms with Gasteiger partial charge < -0.3 is 15.0 Å². The van der Waals surface area contributed by atoms with E-state index in [1.54, 1.807) is 19.3 Å². The molecule has 2 N–H and O–H groups in total. The second-order valence-corrected chi connectivity index (χ2v) is 8.13. The van der Waals surface area contributed by atoms with Crippen LogP contribution in [0, 0.1) is 19.7 Å². The van der Waals surface area contributed by atoms with Crippen molar-refractivity contribution in [3.8, 4) is 5.82 Å². The van der Waals surface area contributed by atoms with Crippen molar-refractivity contribution in [3.63, 3.8) is 0 Å². The summed E-state index contributed by atoms with van der Waals surface area (Å²) in [7, 11) is 0. The van der Waals surface area contributed by atoms with Crippen LogP contribution in [-0.4, -0.2) is 43.7 Å². The summed E-state index contributed by atoms with van der Waals surface area (Å²) in [6.45, 7) is 5.47. The van der Waals surface area contributed by atoms with Crippen molar-refractivity contribution in [2.24, 2.45) is 0 Å². The maximum Gasteiger partial charge on any atom is 0.416 e. The Kier molecular flexibility index (Phi) is 5.91. The lowest BCUT2D eigenvalue weighted by molar-refractivity contribution is -0.137. The molecule has 32 heavy (non-hydrogen) atoms. The topological polar surface area (TPSA) is 66.2 Å². The number of benzene rings is 1. The zero-order valence-corrected chi connectivity index (χ0v) is 17.6. The van der Waals surface area contributed by atoms with Crippen LogP contribution in [0.15, 0.2) is 36.8 Å². The van der Waals surface area contributed by atoms with Crippen molar-refractivity contribution in [2.75, 3.05) is 18.4 Å². The van der Waals surface area contributed by atoms with Crippen LogP contribution in [0.4, 0.5) is 29.2 Å². The van der Waals surface area contributed by atoms with Gasteiger partial charge >= 0.3 is 6.18 Å². The van der Waals surface area contributed by atoms with E-state index < -0.39 is 17.6 Å². The predicted octanol–water partition coefficient (Wildman–Crippen LogP) is 4.35. The molecule has 1 aromatic carbocycles. The van der Waals surface area contributed by atoms with Crippen LogP contribution in [0.3, 0.4) is 0 Å². The van der Waals surface area contributed by atoms with E-state index in [0.29, 0.717) is 18.7 Å². The number of aliphatic hydroxyl groups excluding tert-OH is 1. The first kappa shape index (κ1) is 22.2. The van der Waals surface area contributed by atoms with Crippen LogP contribution in [0.5, 0.6) is 0 Å². The van der Waals surface area contributed by atoms with Gasteiger partial charge in [0.1, 0.15) is 0 Å². The summed E-state index contributed by atoms with van der Waals surface area (Å²) in [6, 6.07) is 3.54. The first-order valence-corrected chi connectivity index (χ1v) is 10.1. The second kappa shape index (κ2) is 8.51. The van der Waals surface area contributed by atoms with E-state index >= 15 is 0 Å². The third-order valence-electron chi connectivity index (χ3n) is 5.41. The number of hydrogen-bond acceptors (Lipinski definition) is 5. The van der Waals surface area contributed by atoms with Crippen LogP contribution in [0.25, 0.3) is 5.82 Å². The van der Waals surface area contributed by atoms with Crippen molar-refractivity contribution < 1.29 is 22.7 Å². The second-order valence-electron chi connectivity index (χ2n) is 8.13. The summed E-state index contributed by atoms with van der Waals surface area (Å²) in [4.78, 5) is 10.2. The molecule has 1 aliphatic rings. The standard InChI is InChI=1S/C22H23F4N5O/c1-13-5-16(22(24,25)26)7-17(6-13)28-21-27-8-19(23)20(29-21)31-9-14(2)15(11-31)10-30-4-3-18(32)12-30/h5-9,11,18,32H,3-4,10,12H2,1-2H3,(H,27,28,29)/t18-/m1/s1. The number of nitrogens with zero attached hydrogens (tertiary/aromatic N) is 4. The summed E-state index contributed by atoms with van der Waals surface area (Å²) < 4.78 is 55.4. The van der Waals surface area contributed by atoms with Gasteiger partial charge in [-0.2, -0.15) is 18.2 Å². The molecule has 170 valence electrons. The summed E-state index contributed by atoms with van der Waals surface area (Å²) >= 11 is 0. The number of aliphatic hydroxyl groups is 1. The van der Waals surface area contributed by atoms with Gasteiger partial charge in [-0.25, -0.2) is 9.37 Å². The van der Waals surface area contributed by atoms with Gasteiger partial charge in [-0.1, -0.05) is 0 Å². The Hall–Kier alpha value is -2.98. The number of anilines is 2. The molecule has 1 atom stereocenters. The minimum Gasteiger partial charge on any atom is -0.392 e. The molecule has 1 fully saturated rings. The lowest BCUT2D eigenvalue weighted by Gasteiger charge is -2.14. The van der Waals surface area contributed by atoms with E-state index in [0.717, 1.165) is 42.4 Å². The Morgan fingerprint density at radius 1 is 1.19 bits per heavy atom. The molecule has 6 nitrogen and oxygen atoms in total. The highest BCUT2D eigenvalue weighted by molar-refractivity contribution is 5.57. The van der Waals surface area contributed by atoms with Gasteiger partial charge in [-0.15, -0.1) is 0 Å². The highest BCUT2D eigenvalue weighted by Crippen LogP contribution is 2.32. The molecule has 0 bridgehead atoms. The van der Waals surface area contributed by atoms with E-state index in [2.05, 4.69) is 20.2 Å². The normalized spacial score (nSPS) is 17.2. The summed E-state index contributed by atoms with van der Waals surface area (Å²) in [5.74, 6) is -0.688. The van der Waals surface area contributed by atoms with Crippen molar-refractivity contribution in [2.45, 2.75) is 39.1 Å². The first-order valence-electron chi connectivity index (χ1n) is 10.1. The number of halogens is 4. The SMILES string of the molecule is Cc1cc(Nc2ncc(F)c(-n3cc(C)c(CN4CC[C@@H](O)C4)c3)n2)cc(C(F)(F)F)c1. The Balaban J connectivity index is 1.59. The van der Waals surface area contributed by atoms with Crippen LogP contribution in [0.1, 0.15) is 28.7 Å². The molecule has 2 aromatic heterocycles. The molecule has 0 amide bonds. The lowest BCUT2D eigenvalue weighted by atomic mass is 10.1. The van der Waals surface area contributed by atoms with Gasteiger partial charge in [-0.3, -0.25) is 4.90 Å². The minimum absolute atomic E-state index is 0.0120. The lowest BCUT2D eigenvalue weighted by Crippen LogP contribution is -2.21. The smallest absolute Gasteiger partial charge is 0.392 e. The molecule has 0 saturated carbocycles. The summed E-state index contributed by atoms with van der Waals surface area (Å²) in [5, 5.41) is 12.5. The number of hydrogen-bond donors (Lipinski definition) is 2. The Bertz CT molecular complexity index is 1130. The number of alkyl halides is 3. The third kappa shape index (κ3) is 4.91. The first-order chi connectivity index (χ1) is 15.1. The van der Waals surface area contributed by atoms with Gasteiger partial charge in [0.15, 0.2) is 11.6 Å². The van der Waals surface area contributed by atoms with E-state index in [1.165, 1.54) is 10.6 Å². The van der Waals surface area contributed by atoms with Crippen molar-refractivity contribution in [1.29, 1.82) is 0 Å². The number of likely N-dealkylation sites (tertiary alicyclic amines) is 1. The molecule has 0 unspecified atom stereocenters. The minimum atomic E-state index is -4.48. The van der Waals surface area contributed by atoms with Crippen LogP contribution in [-0.2, 0) is 12.7 Å². The molecule has 1 saturated heterocycles. The van der Waals surface area contributed by atoms with Crippen LogP contribution in [0.2, 0.25) is 0 Å². The van der Waals surface area contributed by atoms with Crippen molar-refractivity contribution in [3.05, 3.63) is 64.9 Å². The number of nitrogens with one attached hydrogen (secondary N) is 1. The number of aryl methyl sites for hydroxylation is 2. The van der Waals surface area contributed by atoms with E-state index in [9.17, 15) is 22.7 Å². The number of rotatable bonds is 5. The maximum absolute atomic E-state index is 14.5. The zero-order chi connectivity index (χ0) is 23.0. The zero-order valence-electron chi connectivity index (χ0n) is 17.6. The van der Waals surface area contributed by atoms with E-state index in [-0.39, 0.29) is 23.6 Å². The fourth-order valence-corrected chi connectivity index (χ4v) is 3.83. The molecule has 10 heteroatoms. The number of aromatic nitrogens is 3. The van der Waals surface area contributed by atoms with Gasteiger partial charge in [-0.05, 0) is 55.2 Å². The van der Waals surface area contributed by atoms with Gasteiger partial charge in [0.05, 0.1) is 17.9 Å². The Morgan fingerprint density at radius 3 is 2.66 bits per heavy atom. The fourth-order valence-electron chi connectivity index (χ4n) is 3.83. The average molecular weight is 449 g/mol. The molecule has 3 aromatic rings. The molecular formula is C22H23F4N5O. The third-order valence-corrected chi connectivity index (χ3v) is 5.41. The highest BCUT2D eigenvalue weighted by atomic mass is 19.4. The molecular weight excluding hydrogens is 426 g/mol. The number of β-amino-alcohol motifs (C(OH)–C–C–N with tert-alkyl or cyclic N) is 1. The predicted molar refractivity (Wildman–Crippen MR) is 111 cm³/mol. The maximum atomic E-state index is 14.5. The summed E-state index contributed by atoms with van der Waals surface area (Å²) in [6.07, 6.45) is 0.405.